The van der Waals surface area contributed by atoms with Gasteiger partial charge in [-0.05, 0) is 44.0 Å². The van der Waals surface area contributed by atoms with Crippen LogP contribution in [-0.4, -0.2) is 25.1 Å². The molecule has 0 bridgehead atoms. The molecule has 26 heavy (non-hydrogen) atoms. The van der Waals surface area contributed by atoms with Crippen molar-refractivity contribution in [1.82, 2.24) is 10.6 Å². The molecule has 0 spiro atoms. The zero-order valence-electron chi connectivity index (χ0n) is 15.1. The van der Waals surface area contributed by atoms with Gasteiger partial charge in [0.15, 0.2) is 0 Å². The van der Waals surface area contributed by atoms with Crippen molar-refractivity contribution in [2.75, 3.05) is 13.2 Å². The number of benzene rings is 2. The normalized spacial score (nSPS) is 20.5. The predicted molar refractivity (Wildman–Crippen MR) is 107 cm³/mol. The first kappa shape index (κ1) is 20.3. The average Bonchev–Trinajstić information content (AvgIpc) is 2.66. The van der Waals surface area contributed by atoms with Crippen molar-refractivity contribution in [3.63, 3.8) is 0 Å². The summed E-state index contributed by atoms with van der Waals surface area (Å²) in [5.74, 6) is 1.01. The Bertz CT molecular complexity index is 666. The van der Waals surface area contributed by atoms with Gasteiger partial charge in [-0.15, -0.1) is 12.4 Å². The van der Waals surface area contributed by atoms with Gasteiger partial charge in [-0.25, -0.2) is 0 Å². The predicted octanol–water partition coefficient (Wildman–Crippen LogP) is 3.73. The topological polar surface area (TPSA) is 50.4 Å². The van der Waals surface area contributed by atoms with E-state index < -0.39 is 0 Å². The Morgan fingerprint density at radius 1 is 1.15 bits per heavy atom. The van der Waals surface area contributed by atoms with Crippen LogP contribution in [0.2, 0.25) is 0 Å². The average molecular weight is 375 g/mol. The van der Waals surface area contributed by atoms with E-state index in [1.54, 1.807) is 0 Å². The summed E-state index contributed by atoms with van der Waals surface area (Å²) in [6.45, 7) is 3.45. The van der Waals surface area contributed by atoms with Gasteiger partial charge in [0.1, 0.15) is 12.4 Å². The van der Waals surface area contributed by atoms with Crippen LogP contribution in [0.3, 0.4) is 0 Å². The standard InChI is InChI=1S/C21H26N2O2.ClH/c1-16-14-18(12-13-22-16)21(24)23-20(17-8-4-2-5-9-17)15-25-19-10-6-3-7-11-19;/h2-11,16,18,20,22H,12-15H2,1H3,(H,23,24);1H/t16-,18-,20?;/m0./s1. The number of rotatable bonds is 6. The first-order valence-corrected chi connectivity index (χ1v) is 8.99. The minimum absolute atomic E-state index is 0. The molecule has 0 saturated carbocycles. The molecule has 2 aromatic rings. The lowest BCUT2D eigenvalue weighted by Gasteiger charge is -2.29. The zero-order chi connectivity index (χ0) is 17.5. The Morgan fingerprint density at radius 2 is 1.81 bits per heavy atom. The zero-order valence-corrected chi connectivity index (χ0v) is 15.9. The number of carbonyl (C=O) groups is 1. The molecule has 0 aromatic heterocycles. The smallest absolute Gasteiger partial charge is 0.223 e. The number of ether oxygens (including phenoxy) is 1. The summed E-state index contributed by atoms with van der Waals surface area (Å²) < 4.78 is 5.90. The first-order valence-electron chi connectivity index (χ1n) is 8.99. The molecule has 5 heteroatoms. The Labute approximate surface area is 161 Å². The third-order valence-electron chi connectivity index (χ3n) is 4.67. The number of amides is 1. The lowest BCUT2D eigenvalue weighted by atomic mass is 9.92. The van der Waals surface area contributed by atoms with Crippen molar-refractivity contribution in [2.45, 2.75) is 31.8 Å². The molecule has 1 fully saturated rings. The van der Waals surface area contributed by atoms with Gasteiger partial charge in [-0.3, -0.25) is 4.79 Å². The number of hydrogen-bond donors (Lipinski definition) is 2. The third-order valence-corrected chi connectivity index (χ3v) is 4.67. The van der Waals surface area contributed by atoms with E-state index in [0.717, 1.165) is 30.7 Å². The maximum Gasteiger partial charge on any atom is 0.223 e. The number of hydrogen-bond acceptors (Lipinski definition) is 3. The van der Waals surface area contributed by atoms with Crippen molar-refractivity contribution >= 4 is 18.3 Å². The molecule has 3 rings (SSSR count). The van der Waals surface area contributed by atoms with Crippen LogP contribution in [0, 0.1) is 5.92 Å². The number of carbonyl (C=O) groups excluding carboxylic acids is 1. The molecule has 1 amide bonds. The van der Waals surface area contributed by atoms with Crippen LogP contribution >= 0.6 is 12.4 Å². The van der Waals surface area contributed by atoms with Crippen LogP contribution < -0.4 is 15.4 Å². The van der Waals surface area contributed by atoms with Gasteiger partial charge in [0.2, 0.25) is 5.91 Å². The summed E-state index contributed by atoms with van der Waals surface area (Å²) in [7, 11) is 0. The summed E-state index contributed by atoms with van der Waals surface area (Å²) in [6.07, 6.45) is 1.77. The van der Waals surface area contributed by atoms with E-state index in [4.69, 9.17) is 4.74 Å². The van der Waals surface area contributed by atoms with Crippen LogP contribution in [0.15, 0.2) is 60.7 Å². The van der Waals surface area contributed by atoms with Crippen LogP contribution in [0.4, 0.5) is 0 Å². The molecule has 0 aliphatic carbocycles. The van der Waals surface area contributed by atoms with E-state index in [-0.39, 0.29) is 30.3 Å². The van der Waals surface area contributed by atoms with Crippen LogP contribution in [0.25, 0.3) is 0 Å². The lowest BCUT2D eigenvalue weighted by molar-refractivity contribution is -0.127. The highest BCUT2D eigenvalue weighted by Crippen LogP contribution is 2.20. The van der Waals surface area contributed by atoms with E-state index in [0.29, 0.717) is 12.6 Å². The fraction of sp³-hybridized carbons (Fsp3) is 0.381. The largest absolute Gasteiger partial charge is 0.491 e. The summed E-state index contributed by atoms with van der Waals surface area (Å²) in [5.41, 5.74) is 1.06. The van der Waals surface area contributed by atoms with Crippen LogP contribution in [0.1, 0.15) is 31.4 Å². The highest BCUT2D eigenvalue weighted by atomic mass is 35.5. The Balaban J connectivity index is 0.00000243. The van der Waals surface area contributed by atoms with Gasteiger partial charge in [0, 0.05) is 12.0 Å². The molecule has 1 aliphatic heterocycles. The fourth-order valence-electron chi connectivity index (χ4n) is 3.26. The monoisotopic (exact) mass is 374 g/mol. The highest BCUT2D eigenvalue weighted by molar-refractivity contribution is 5.85. The van der Waals surface area contributed by atoms with E-state index in [1.807, 2.05) is 60.7 Å². The highest BCUT2D eigenvalue weighted by Gasteiger charge is 2.27. The Kier molecular flexibility index (Phi) is 7.95. The summed E-state index contributed by atoms with van der Waals surface area (Å²) in [5, 5.41) is 6.60. The fourth-order valence-corrected chi connectivity index (χ4v) is 3.26. The van der Waals surface area contributed by atoms with Crippen molar-refractivity contribution in [1.29, 1.82) is 0 Å². The van der Waals surface area contributed by atoms with Crippen molar-refractivity contribution in [3.8, 4) is 5.75 Å². The number of piperidine rings is 1. The van der Waals surface area contributed by atoms with Gasteiger partial charge >= 0.3 is 0 Å². The molecule has 1 unspecified atom stereocenters. The van der Waals surface area contributed by atoms with Crippen molar-refractivity contribution < 1.29 is 9.53 Å². The molecule has 1 heterocycles. The molecular formula is C21H27ClN2O2. The van der Waals surface area contributed by atoms with Gasteiger partial charge in [0.25, 0.3) is 0 Å². The second kappa shape index (κ2) is 10.2. The van der Waals surface area contributed by atoms with Crippen molar-refractivity contribution in [2.24, 2.45) is 5.92 Å². The Hall–Kier alpha value is -2.04. The number of nitrogens with one attached hydrogen (secondary N) is 2. The molecule has 1 aliphatic rings. The lowest BCUT2D eigenvalue weighted by Crippen LogP contribution is -2.44. The number of para-hydroxylation sites is 1. The summed E-state index contributed by atoms with van der Waals surface area (Å²) in [4.78, 5) is 12.7. The number of halogens is 1. The minimum Gasteiger partial charge on any atom is -0.491 e. The van der Waals surface area contributed by atoms with Gasteiger partial charge < -0.3 is 15.4 Å². The molecule has 0 radical (unpaired) electrons. The quantitative estimate of drug-likeness (QED) is 0.809. The second-order valence-corrected chi connectivity index (χ2v) is 6.67. The van der Waals surface area contributed by atoms with E-state index >= 15 is 0 Å². The molecule has 2 aromatic carbocycles. The van der Waals surface area contributed by atoms with E-state index in [2.05, 4.69) is 17.6 Å². The molecule has 140 valence electrons. The van der Waals surface area contributed by atoms with E-state index in [9.17, 15) is 4.79 Å². The molecule has 2 N–H and O–H groups in total. The molecule has 1 saturated heterocycles. The SMILES string of the molecule is C[C@H]1C[C@@H](C(=O)NC(COc2ccccc2)c2ccccc2)CCN1.Cl. The maximum absolute atomic E-state index is 12.7. The van der Waals surface area contributed by atoms with Gasteiger partial charge in [-0.1, -0.05) is 48.5 Å². The molecular weight excluding hydrogens is 348 g/mol. The Morgan fingerprint density at radius 3 is 2.46 bits per heavy atom. The summed E-state index contributed by atoms with van der Waals surface area (Å²) in [6, 6.07) is 20.0. The second-order valence-electron chi connectivity index (χ2n) is 6.67. The van der Waals surface area contributed by atoms with Crippen LogP contribution in [-0.2, 0) is 4.79 Å². The molecule has 4 nitrogen and oxygen atoms in total. The molecule has 3 atom stereocenters. The van der Waals surface area contributed by atoms with Crippen molar-refractivity contribution in [3.05, 3.63) is 66.2 Å². The van der Waals surface area contributed by atoms with Gasteiger partial charge in [0.05, 0.1) is 6.04 Å². The maximum atomic E-state index is 12.7. The summed E-state index contributed by atoms with van der Waals surface area (Å²) >= 11 is 0. The third kappa shape index (κ3) is 5.75. The van der Waals surface area contributed by atoms with Gasteiger partial charge in [-0.2, -0.15) is 0 Å². The van der Waals surface area contributed by atoms with Crippen LogP contribution in [0.5, 0.6) is 5.75 Å². The van der Waals surface area contributed by atoms with E-state index in [1.165, 1.54) is 0 Å². The first-order chi connectivity index (χ1) is 12.2. The minimum atomic E-state index is -0.154.